The van der Waals surface area contributed by atoms with Crippen LogP contribution in [0, 0.1) is 0 Å². The van der Waals surface area contributed by atoms with Crippen molar-refractivity contribution in [1.29, 1.82) is 0 Å². The zero-order chi connectivity index (χ0) is 17.0. The first-order valence-electron chi connectivity index (χ1n) is 7.94. The molecule has 0 bridgehead atoms. The highest BCUT2D eigenvalue weighted by atomic mass is 35.5. The molecule has 1 aliphatic heterocycles. The van der Waals surface area contributed by atoms with Gasteiger partial charge in [0.05, 0.1) is 0 Å². The van der Waals surface area contributed by atoms with Crippen molar-refractivity contribution in [3.63, 3.8) is 0 Å². The Morgan fingerprint density at radius 1 is 1.00 bits per heavy atom. The van der Waals surface area contributed by atoms with Crippen LogP contribution in [-0.4, -0.2) is 55.3 Å². The number of piperazine rings is 1. The van der Waals surface area contributed by atoms with Crippen molar-refractivity contribution in [3.8, 4) is 0 Å². The highest BCUT2D eigenvalue weighted by molar-refractivity contribution is 7.89. The number of pyridine rings is 1. The minimum atomic E-state index is -3.48. The van der Waals surface area contributed by atoms with Gasteiger partial charge in [-0.3, -0.25) is 0 Å². The van der Waals surface area contributed by atoms with Crippen LogP contribution in [0.1, 0.15) is 5.56 Å². The van der Waals surface area contributed by atoms with Gasteiger partial charge in [-0.15, -0.1) is 0 Å². The van der Waals surface area contributed by atoms with Gasteiger partial charge >= 0.3 is 0 Å². The van der Waals surface area contributed by atoms with Gasteiger partial charge < -0.3 is 4.90 Å². The van der Waals surface area contributed by atoms with Crippen LogP contribution < -0.4 is 0 Å². The maximum absolute atomic E-state index is 12.6. The summed E-state index contributed by atoms with van der Waals surface area (Å²) in [6.07, 6.45) is 2.30. The smallest absolute Gasteiger partial charge is 0.244 e. The highest BCUT2D eigenvalue weighted by Gasteiger charge is 2.28. The Labute approximate surface area is 147 Å². The molecule has 2 aromatic rings. The molecule has 2 heterocycles. The van der Waals surface area contributed by atoms with E-state index in [-0.39, 0.29) is 4.90 Å². The molecule has 1 aliphatic rings. The number of nitrogens with zero attached hydrogens (tertiary/aromatic N) is 3. The maximum Gasteiger partial charge on any atom is 0.244 e. The molecule has 1 saturated heterocycles. The number of hydrogen-bond acceptors (Lipinski definition) is 4. The average Bonchev–Trinajstić information content (AvgIpc) is 2.61. The van der Waals surface area contributed by atoms with Gasteiger partial charge in [-0.1, -0.05) is 41.9 Å². The zero-order valence-corrected chi connectivity index (χ0v) is 14.9. The predicted molar refractivity (Wildman–Crippen MR) is 94.6 cm³/mol. The Hall–Kier alpha value is -1.47. The first-order chi connectivity index (χ1) is 11.6. The van der Waals surface area contributed by atoms with Crippen LogP contribution in [0.25, 0.3) is 0 Å². The van der Waals surface area contributed by atoms with E-state index in [4.69, 9.17) is 11.6 Å². The second kappa shape index (κ2) is 7.61. The van der Waals surface area contributed by atoms with E-state index in [0.717, 1.165) is 26.1 Å². The van der Waals surface area contributed by atoms with Crippen molar-refractivity contribution >= 4 is 21.6 Å². The van der Waals surface area contributed by atoms with E-state index < -0.39 is 10.0 Å². The van der Waals surface area contributed by atoms with E-state index >= 15 is 0 Å². The Morgan fingerprint density at radius 3 is 2.33 bits per heavy atom. The molecule has 128 valence electrons. The Kier molecular flexibility index (Phi) is 5.50. The Bertz CT molecular complexity index is 758. The number of sulfonamides is 1. The SMILES string of the molecule is O=S(=O)(c1ccc(Cl)nc1)N1CCN(CCc2ccccc2)CC1. The lowest BCUT2D eigenvalue weighted by Crippen LogP contribution is -2.49. The first kappa shape index (κ1) is 17.4. The van der Waals surface area contributed by atoms with E-state index in [0.29, 0.717) is 18.2 Å². The maximum atomic E-state index is 12.6. The lowest BCUT2D eigenvalue weighted by Gasteiger charge is -2.33. The van der Waals surface area contributed by atoms with E-state index in [2.05, 4.69) is 22.0 Å². The van der Waals surface area contributed by atoms with Gasteiger partial charge in [0.15, 0.2) is 0 Å². The number of aromatic nitrogens is 1. The first-order valence-corrected chi connectivity index (χ1v) is 9.75. The average molecular weight is 366 g/mol. The van der Waals surface area contributed by atoms with Crippen LogP contribution in [0.2, 0.25) is 5.15 Å². The fourth-order valence-electron chi connectivity index (χ4n) is 2.79. The summed E-state index contributed by atoms with van der Waals surface area (Å²) in [5.74, 6) is 0. The third-order valence-corrected chi connectivity index (χ3v) is 6.33. The summed E-state index contributed by atoms with van der Waals surface area (Å²) in [6, 6.07) is 13.3. The predicted octanol–water partition coefficient (Wildman–Crippen LogP) is 2.28. The molecular formula is C17H20ClN3O2S. The molecule has 1 aromatic heterocycles. The molecule has 7 heteroatoms. The molecular weight excluding hydrogens is 346 g/mol. The number of rotatable bonds is 5. The fourth-order valence-corrected chi connectivity index (χ4v) is 4.27. The summed E-state index contributed by atoms with van der Waals surface area (Å²) in [5.41, 5.74) is 1.31. The molecule has 0 N–H and O–H groups in total. The van der Waals surface area contributed by atoms with Crippen molar-refractivity contribution in [2.75, 3.05) is 32.7 Å². The summed E-state index contributed by atoms with van der Waals surface area (Å²) in [6.45, 7) is 3.43. The third kappa shape index (κ3) is 4.13. The normalized spacial score (nSPS) is 17.0. The van der Waals surface area contributed by atoms with Crippen molar-refractivity contribution in [1.82, 2.24) is 14.2 Å². The lowest BCUT2D eigenvalue weighted by atomic mass is 10.1. The van der Waals surface area contributed by atoms with Crippen LogP contribution in [-0.2, 0) is 16.4 Å². The number of benzene rings is 1. The van der Waals surface area contributed by atoms with Crippen molar-refractivity contribution < 1.29 is 8.42 Å². The standard InChI is InChI=1S/C17H20ClN3O2S/c18-17-7-6-16(14-19-17)24(22,23)21-12-10-20(11-13-21)9-8-15-4-2-1-3-5-15/h1-7,14H,8-13H2. The summed E-state index contributed by atoms with van der Waals surface area (Å²) in [7, 11) is -3.48. The summed E-state index contributed by atoms with van der Waals surface area (Å²) < 4.78 is 26.7. The highest BCUT2D eigenvalue weighted by Crippen LogP contribution is 2.18. The Morgan fingerprint density at radius 2 is 1.71 bits per heavy atom. The zero-order valence-electron chi connectivity index (χ0n) is 13.3. The molecule has 0 atom stereocenters. The third-order valence-electron chi connectivity index (χ3n) is 4.23. The minimum Gasteiger partial charge on any atom is -0.300 e. The van der Waals surface area contributed by atoms with Gasteiger partial charge in [-0.25, -0.2) is 13.4 Å². The number of hydrogen-bond donors (Lipinski definition) is 0. The fraction of sp³-hybridized carbons (Fsp3) is 0.353. The van der Waals surface area contributed by atoms with Crippen molar-refractivity contribution in [3.05, 3.63) is 59.4 Å². The molecule has 0 unspecified atom stereocenters. The number of halogens is 1. The quantitative estimate of drug-likeness (QED) is 0.763. The summed E-state index contributed by atoms with van der Waals surface area (Å²) in [5, 5.41) is 0.291. The molecule has 0 saturated carbocycles. The van der Waals surface area contributed by atoms with Crippen LogP contribution >= 0.6 is 11.6 Å². The van der Waals surface area contributed by atoms with Gasteiger partial charge in [0.2, 0.25) is 10.0 Å². The topological polar surface area (TPSA) is 53.5 Å². The molecule has 0 amide bonds. The summed E-state index contributed by atoms with van der Waals surface area (Å²) >= 11 is 5.73. The van der Waals surface area contributed by atoms with Crippen molar-refractivity contribution in [2.45, 2.75) is 11.3 Å². The largest absolute Gasteiger partial charge is 0.300 e. The molecule has 24 heavy (non-hydrogen) atoms. The lowest BCUT2D eigenvalue weighted by molar-refractivity contribution is 0.190. The van der Waals surface area contributed by atoms with E-state index in [9.17, 15) is 8.42 Å². The van der Waals surface area contributed by atoms with Gasteiger partial charge in [0.25, 0.3) is 0 Å². The van der Waals surface area contributed by atoms with Crippen LogP contribution in [0.4, 0.5) is 0 Å². The van der Waals surface area contributed by atoms with Gasteiger partial charge in [0, 0.05) is 38.9 Å². The molecule has 5 nitrogen and oxygen atoms in total. The molecule has 3 rings (SSSR count). The molecule has 1 aromatic carbocycles. The van der Waals surface area contributed by atoms with E-state index in [1.807, 2.05) is 18.2 Å². The Balaban J connectivity index is 1.55. The molecule has 1 fully saturated rings. The van der Waals surface area contributed by atoms with Crippen LogP contribution in [0.3, 0.4) is 0 Å². The van der Waals surface area contributed by atoms with Crippen molar-refractivity contribution in [2.24, 2.45) is 0 Å². The minimum absolute atomic E-state index is 0.199. The van der Waals surface area contributed by atoms with E-state index in [1.54, 1.807) is 0 Å². The van der Waals surface area contributed by atoms with Gasteiger partial charge in [-0.05, 0) is 24.1 Å². The van der Waals surface area contributed by atoms with Gasteiger partial charge in [-0.2, -0.15) is 4.31 Å². The van der Waals surface area contributed by atoms with Crippen LogP contribution in [0.5, 0.6) is 0 Å². The van der Waals surface area contributed by atoms with E-state index in [1.165, 1.54) is 28.2 Å². The van der Waals surface area contributed by atoms with Gasteiger partial charge in [0.1, 0.15) is 10.0 Å². The molecule has 0 radical (unpaired) electrons. The second-order valence-electron chi connectivity index (χ2n) is 5.80. The monoisotopic (exact) mass is 365 g/mol. The molecule has 0 spiro atoms. The van der Waals surface area contributed by atoms with Crippen LogP contribution in [0.15, 0.2) is 53.6 Å². The summed E-state index contributed by atoms with van der Waals surface area (Å²) in [4.78, 5) is 6.37. The second-order valence-corrected chi connectivity index (χ2v) is 8.12. The molecule has 0 aliphatic carbocycles.